The number of esters is 1. The van der Waals surface area contributed by atoms with Crippen molar-refractivity contribution in [2.24, 2.45) is 5.92 Å². The van der Waals surface area contributed by atoms with Crippen LogP contribution in [0.5, 0.6) is 0 Å². The Morgan fingerprint density at radius 2 is 1.76 bits per heavy atom. The molecule has 2 heterocycles. The maximum Gasteiger partial charge on any atom is 0.414 e. The van der Waals surface area contributed by atoms with Gasteiger partial charge in [-0.3, -0.25) is 14.8 Å². The Kier molecular flexibility index (Phi) is 8.35. The van der Waals surface area contributed by atoms with Crippen molar-refractivity contribution in [2.75, 3.05) is 19.7 Å². The Morgan fingerprint density at radius 1 is 1.14 bits per heavy atom. The van der Waals surface area contributed by atoms with Crippen LogP contribution in [-0.4, -0.2) is 62.9 Å². The van der Waals surface area contributed by atoms with Crippen molar-refractivity contribution >= 4 is 17.9 Å². The summed E-state index contributed by atoms with van der Waals surface area (Å²) >= 11 is 0. The standard InChI is InChI=1S/C18H23N3O2.C2H2O4/c1-2-23-18(22)15-8-10-21(11-9-15)13-16-12-19-20-17(16)14-6-4-3-5-7-14;3-1(4)2(5)6/h3-7,12,15H,2,8-11,13H2,1H3,(H,19,20);(H,3,4)(H,5,6). The first kappa shape index (κ1) is 22.1. The molecule has 156 valence electrons. The topological polar surface area (TPSA) is 133 Å². The SMILES string of the molecule is CCOC(=O)C1CCN(Cc2cn[nH]c2-c2ccccc2)CC1.O=C(O)C(=O)O. The van der Waals surface area contributed by atoms with Crippen LogP contribution in [0.4, 0.5) is 0 Å². The number of carboxylic acids is 2. The van der Waals surface area contributed by atoms with Crippen LogP contribution in [0.3, 0.4) is 0 Å². The van der Waals surface area contributed by atoms with Gasteiger partial charge in [0.25, 0.3) is 0 Å². The van der Waals surface area contributed by atoms with E-state index in [4.69, 9.17) is 24.5 Å². The summed E-state index contributed by atoms with van der Waals surface area (Å²) in [5.41, 5.74) is 3.44. The highest BCUT2D eigenvalue weighted by atomic mass is 16.5. The lowest BCUT2D eigenvalue weighted by Crippen LogP contribution is -2.36. The Labute approximate surface area is 168 Å². The lowest BCUT2D eigenvalue weighted by Gasteiger charge is -2.30. The zero-order valence-corrected chi connectivity index (χ0v) is 16.2. The zero-order valence-electron chi connectivity index (χ0n) is 16.2. The summed E-state index contributed by atoms with van der Waals surface area (Å²) in [6, 6.07) is 10.3. The third-order valence-corrected chi connectivity index (χ3v) is 4.56. The molecule has 1 aliphatic rings. The number of rotatable bonds is 5. The molecule has 0 bridgehead atoms. The number of H-pyrrole nitrogens is 1. The number of benzene rings is 1. The van der Waals surface area contributed by atoms with Crippen LogP contribution in [0.1, 0.15) is 25.3 Å². The van der Waals surface area contributed by atoms with E-state index in [9.17, 15) is 4.79 Å². The molecule has 0 unspecified atom stereocenters. The van der Waals surface area contributed by atoms with E-state index in [-0.39, 0.29) is 11.9 Å². The molecular weight excluding hydrogens is 378 g/mol. The van der Waals surface area contributed by atoms with Gasteiger partial charge in [-0.2, -0.15) is 5.10 Å². The van der Waals surface area contributed by atoms with Crippen molar-refractivity contribution in [3.05, 3.63) is 42.1 Å². The first-order chi connectivity index (χ1) is 13.9. The number of carbonyl (C=O) groups is 3. The summed E-state index contributed by atoms with van der Waals surface area (Å²) in [5.74, 6) is -3.63. The largest absolute Gasteiger partial charge is 0.473 e. The fourth-order valence-corrected chi connectivity index (χ4v) is 3.11. The van der Waals surface area contributed by atoms with E-state index < -0.39 is 11.9 Å². The molecule has 1 saturated heterocycles. The highest BCUT2D eigenvalue weighted by Crippen LogP contribution is 2.25. The maximum atomic E-state index is 11.8. The number of aliphatic carboxylic acids is 2. The van der Waals surface area contributed by atoms with E-state index >= 15 is 0 Å². The minimum atomic E-state index is -1.82. The number of nitrogens with one attached hydrogen (secondary N) is 1. The number of ether oxygens (including phenoxy) is 1. The van der Waals surface area contributed by atoms with E-state index in [1.807, 2.05) is 31.3 Å². The van der Waals surface area contributed by atoms with Crippen LogP contribution in [-0.2, 0) is 25.7 Å². The zero-order chi connectivity index (χ0) is 21.2. The van der Waals surface area contributed by atoms with Gasteiger partial charge < -0.3 is 14.9 Å². The van der Waals surface area contributed by atoms with Gasteiger partial charge in [-0.25, -0.2) is 9.59 Å². The number of carboxylic acid groups (broad SMARTS) is 2. The van der Waals surface area contributed by atoms with Crippen LogP contribution in [0, 0.1) is 5.92 Å². The molecule has 0 spiro atoms. The van der Waals surface area contributed by atoms with Gasteiger partial charge in [0.2, 0.25) is 0 Å². The molecule has 1 aromatic heterocycles. The maximum absolute atomic E-state index is 11.8. The quantitative estimate of drug-likeness (QED) is 0.510. The first-order valence-corrected chi connectivity index (χ1v) is 9.35. The van der Waals surface area contributed by atoms with Gasteiger partial charge in [0.05, 0.1) is 24.4 Å². The highest BCUT2D eigenvalue weighted by molar-refractivity contribution is 6.27. The third kappa shape index (κ3) is 6.72. The smallest absolute Gasteiger partial charge is 0.414 e. The van der Waals surface area contributed by atoms with Crippen LogP contribution >= 0.6 is 0 Å². The van der Waals surface area contributed by atoms with Crippen molar-refractivity contribution in [2.45, 2.75) is 26.3 Å². The second-order valence-electron chi connectivity index (χ2n) is 6.55. The molecule has 0 radical (unpaired) electrons. The summed E-state index contributed by atoms with van der Waals surface area (Å²) in [7, 11) is 0. The van der Waals surface area contributed by atoms with Gasteiger partial charge in [0, 0.05) is 12.1 Å². The van der Waals surface area contributed by atoms with E-state index in [0.29, 0.717) is 6.61 Å². The molecule has 1 fully saturated rings. The molecule has 0 saturated carbocycles. The number of piperidine rings is 1. The van der Waals surface area contributed by atoms with Crippen LogP contribution in [0.25, 0.3) is 11.3 Å². The number of nitrogens with zero attached hydrogens (tertiary/aromatic N) is 2. The molecule has 0 atom stereocenters. The van der Waals surface area contributed by atoms with Gasteiger partial charge in [-0.15, -0.1) is 0 Å². The minimum absolute atomic E-state index is 0.0413. The number of aromatic nitrogens is 2. The van der Waals surface area contributed by atoms with Crippen molar-refractivity contribution in [3.63, 3.8) is 0 Å². The molecule has 1 aliphatic heterocycles. The molecule has 9 nitrogen and oxygen atoms in total. The van der Waals surface area contributed by atoms with Crippen molar-refractivity contribution in [3.8, 4) is 11.3 Å². The molecule has 0 aliphatic carbocycles. The lowest BCUT2D eigenvalue weighted by molar-refractivity contribution is -0.159. The van der Waals surface area contributed by atoms with Crippen molar-refractivity contribution in [1.82, 2.24) is 15.1 Å². The van der Waals surface area contributed by atoms with E-state index in [2.05, 4.69) is 27.2 Å². The first-order valence-electron chi connectivity index (χ1n) is 9.35. The van der Waals surface area contributed by atoms with Gasteiger partial charge in [-0.05, 0) is 38.4 Å². The van der Waals surface area contributed by atoms with E-state index in [0.717, 1.165) is 43.7 Å². The molecule has 3 N–H and O–H groups in total. The second kappa shape index (κ2) is 11.0. The minimum Gasteiger partial charge on any atom is -0.473 e. The summed E-state index contributed by atoms with van der Waals surface area (Å²) in [6.45, 7) is 5.02. The number of hydrogen-bond acceptors (Lipinski definition) is 6. The summed E-state index contributed by atoms with van der Waals surface area (Å²) in [5, 5.41) is 22.1. The highest BCUT2D eigenvalue weighted by Gasteiger charge is 2.26. The second-order valence-corrected chi connectivity index (χ2v) is 6.55. The predicted octanol–water partition coefficient (Wildman–Crippen LogP) is 2.01. The fourth-order valence-electron chi connectivity index (χ4n) is 3.11. The molecule has 3 rings (SSSR count). The molecule has 9 heteroatoms. The molecule has 2 aromatic rings. The van der Waals surface area contributed by atoms with Crippen LogP contribution in [0.2, 0.25) is 0 Å². The van der Waals surface area contributed by atoms with Gasteiger partial charge in [-0.1, -0.05) is 30.3 Å². The molecular formula is C20H25N3O6. The number of likely N-dealkylation sites (tertiary alicyclic amines) is 1. The van der Waals surface area contributed by atoms with Gasteiger partial charge in [0.15, 0.2) is 0 Å². The average molecular weight is 403 g/mol. The Hall–Kier alpha value is -3.20. The predicted molar refractivity (Wildman–Crippen MR) is 104 cm³/mol. The Morgan fingerprint density at radius 3 is 2.31 bits per heavy atom. The van der Waals surface area contributed by atoms with Crippen LogP contribution in [0.15, 0.2) is 36.5 Å². The summed E-state index contributed by atoms with van der Waals surface area (Å²) in [6.07, 6.45) is 3.65. The number of hydrogen-bond donors (Lipinski definition) is 3. The van der Waals surface area contributed by atoms with Crippen molar-refractivity contribution in [1.29, 1.82) is 0 Å². The fraction of sp³-hybridized carbons (Fsp3) is 0.400. The lowest BCUT2D eigenvalue weighted by atomic mass is 9.96. The molecule has 0 amide bonds. The van der Waals surface area contributed by atoms with Crippen molar-refractivity contribution < 1.29 is 29.3 Å². The summed E-state index contributed by atoms with van der Waals surface area (Å²) in [4.78, 5) is 32.4. The van der Waals surface area contributed by atoms with Gasteiger partial charge in [0.1, 0.15) is 0 Å². The summed E-state index contributed by atoms with van der Waals surface area (Å²) < 4.78 is 5.13. The number of aromatic amines is 1. The normalized spacial score (nSPS) is 14.5. The van der Waals surface area contributed by atoms with E-state index in [1.165, 1.54) is 5.56 Å². The Bertz CT molecular complexity index is 801. The Balaban J connectivity index is 0.000000438. The average Bonchev–Trinajstić information content (AvgIpc) is 3.18. The van der Waals surface area contributed by atoms with E-state index in [1.54, 1.807) is 0 Å². The van der Waals surface area contributed by atoms with Crippen LogP contribution < -0.4 is 0 Å². The third-order valence-electron chi connectivity index (χ3n) is 4.56. The monoisotopic (exact) mass is 403 g/mol. The molecule has 29 heavy (non-hydrogen) atoms. The van der Waals surface area contributed by atoms with Gasteiger partial charge >= 0.3 is 17.9 Å². The molecule has 1 aromatic carbocycles. The number of carbonyl (C=O) groups excluding carboxylic acids is 1.